The van der Waals surface area contributed by atoms with Crippen molar-refractivity contribution in [2.45, 2.75) is 13.8 Å². The Morgan fingerprint density at radius 2 is 2.17 bits per heavy atom. The van der Waals surface area contributed by atoms with Gasteiger partial charge in [-0.15, -0.1) is 0 Å². The minimum atomic E-state index is -0.492. The van der Waals surface area contributed by atoms with Gasteiger partial charge in [0.05, 0.1) is 4.92 Å². The summed E-state index contributed by atoms with van der Waals surface area (Å²) in [5, 5.41) is 10.2. The largest absolute Gasteiger partial charge is 0.303 e. The summed E-state index contributed by atoms with van der Waals surface area (Å²) in [6, 6.07) is 0. The Balaban J connectivity index is 4.31. The number of carbonyl (C=O) groups is 1. The van der Waals surface area contributed by atoms with Crippen molar-refractivity contribution in [2.24, 2.45) is 5.92 Å². The zero-order chi connectivity index (χ0) is 9.56. The fourth-order valence-electron chi connectivity index (χ4n) is 0.558. The van der Waals surface area contributed by atoms with Crippen LogP contribution in [0.4, 0.5) is 0 Å². The quantitative estimate of drug-likeness (QED) is 0.277. The van der Waals surface area contributed by atoms with Gasteiger partial charge in [-0.25, -0.2) is 0 Å². The molecule has 0 heterocycles. The molecule has 0 aliphatic carbocycles. The third-order valence-corrected chi connectivity index (χ3v) is 1.29. The third kappa shape index (κ3) is 3.65. The van der Waals surface area contributed by atoms with Crippen molar-refractivity contribution < 1.29 is 9.72 Å². The van der Waals surface area contributed by atoms with E-state index in [9.17, 15) is 14.9 Å². The van der Waals surface area contributed by atoms with Crippen molar-refractivity contribution in [1.29, 1.82) is 0 Å². The molecule has 4 heteroatoms. The molecule has 4 nitrogen and oxygen atoms in total. The van der Waals surface area contributed by atoms with Gasteiger partial charge in [0.2, 0.25) is 0 Å². The first kappa shape index (κ1) is 10.6. The van der Waals surface area contributed by atoms with E-state index in [2.05, 4.69) is 0 Å². The molecule has 1 atom stereocenters. The summed E-state index contributed by atoms with van der Waals surface area (Å²) in [5.74, 6) is -0.278. The maximum atomic E-state index is 10.2. The molecule has 0 saturated heterocycles. The lowest BCUT2D eigenvalue weighted by Crippen LogP contribution is -1.96. The predicted octanol–water partition coefficient (Wildman–Crippen LogP) is 1.56. The standard InChI is InChI=1S/C8H11NO3/c1-3-8(9(11)12)5-4-7(2)6-10/h3-7H,1-2H3/b5-4-,8-3+. The smallest absolute Gasteiger partial charge is 0.264 e. The Labute approximate surface area is 70.7 Å². The van der Waals surface area contributed by atoms with E-state index < -0.39 is 4.92 Å². The first-order valence-electron chi connectivity index (χ1n) is 3.56. The average molecular weight is 169 g/mol. The summed E-state index contributed by atoms with van der Waals surface area (Å²) in [4.78, 5) is 19.9. The monoisotopic (exact) mass is 169 g/mol. The summed E-state index contributed by atoms with van der Waals surface area (Å²) in [5.41, 5.74) is 0.00343. The molecule has 0 bridgehead atoms. The highest BCUT2D eigenvalue weighted by molar-refractivity contribution is 5.55. The van der Waals surface area contributed by atoms with Crippen molar-refractivity contribution in [3.63, 3.8) is 0 Å². The van der Waals surface area contributed by atoms with E-state index >= 15 is 0 Å². The highest BCUT2D eigenvalue weighted by atomic mass is 16.6. The normalized spacial score (nSPS) is 14.7. The Kier molecular flexibility index (Phi) is 4.60. The Morgan fingerprint density at radius 1 is 1.58 bits per heavy atom. The van der Waals surface area contributed by atoms with Crippen LogP contribution in [0.2, 0.25) is 0 Å². The minimum Gasteiger partial charge on any atom is -0.303 e. The molecular formula is C8H11NO3. The lowest BCUT2D eigenvalue weighted by Gasteiger charge is -1.91. The van der Waals surface area contributed by atoms with Crippen LogP contribution < -0.4 is 0 Å². The molecule has 0 radical (unpaired) electrons. The molecule has 12 heavy (non-hydrogen) atoms. The first-order chi connectivity index (χ1) is 5.61. The van der Waals surface area contributed by atoms with Gasteiger partial charge < -0.3 is 4.79 Å². The van der Waals surface area contributed by atoms with Gasteiger partial charge in [0.25, 0.3) is 5.70 Å². The van der Waals surface area contributed by atoms with Crippen LogP contribution >= 0.6 is 0 Å². The van der Waals surface area contributed by atoms with Gasteiger partial charge in [-0.2, -0.15) is 0 Å². The summed E-state index contributed by atoms with van der Waals surface area (Å²) >= 11 is 0. The fraction of sp³-hybridized carbons (Fsp3) is 0.375. The SMILES string of the molecule is C/C=C(\C=C/C(C)C=O)[N+](=O)[O-]. The van der Waals surface area contributed by atoms with E-state index in [0.717, 1.165) is 6.29 Å². The Bertz CT molecular complexity index is 230. The lowest BCUT2D eigenvalue weighted by atomic mass is 10.2. The number of hydrogen-bond acceptors (Lipinski definition) is 3. The van der Waals surface area contributed by atoms with E-state index in [1.165, 1.54) is 18.2 Å². The van der Waals surface area contributed by atoms with Crippen LogP contribution in [0, 0.1) is 16.0 Å². The molecule has 0 saturated carbocycles. The molecule has 0 aromatic rings. The van der Waals surface area contributed by atoms with Crippen LogP contribution in [0.1, 0.15) is 13.8 Å². The number of nitro groups is 1. The predicted molar refractivity (Wildman–Crippen MR) is 45.1 cm³/mol. The van der Waals surface area contributed by atoms with Crippen LogP contribution in [0.3, 0.4) is 0 Å². The number of rotatable bonds is 4. The average Bonchev–Trinajstić information content (AvgIpc) is 2.04. The molecule has 0 fully saturated rings. The molecule has 0 N–H and O–H groups in total. The number of allylic oxidation sites excluding steroid dienone is 3. The van der Waals surface area contributed by atoms with Crippen LogP contribution in [-0.2, 0) is 4.79 Å². The van der Waals surface area contributed by atoms with Crippen molar-refractivity contribution in [3.8, 4) is 0 Å². The van der Waals surface area contributed by atoms with Gasteiger partial charge in [0.1, 0.15) is 6.29 Å². The van der Waals surface area contributed by atoms with Gasteiger partial charge in [-0.1, -0.05) is 13.0 Å². The van der Waals surface area contributed by atoms with E-state index in [4.69, 9.17) is 0 Å². The van der Waals surface area contributed by atoms with Gasteiger partial charge in [-0.05, 0) is 13.0 Å². The Hall–Kier alpha value is -1.45. The second-order valence-electron chi connectivity index (χ2n) is 2.32. The second kappa shape index (κ2) is 5.23. The molecule has 0 aliphatic rings. The van der Waals surface area contributed by atoms with E-state index in [1.807, 2.05) is 0 Å². The number of aldehydes is 1. The van der Waals surface area contributed by atoms with Crippen molar-refractivity contribution in [2.75, 3.05) is 0 Å². The van der Waals surface area contributed by atoms with Crippen LogP contribution in [0.15, 0.2) is 23.9 Å². The van der Waals surface area contributed by atoms with Crippen molar-refractivity contribution in [3.05, 3.63) is 34.0 Å². The second-order valence-corrected chi connectivity index (χ2v) is 2.32. The van der Waals surface area contributed by atoms with Crippen LogP contribution in [0.25, 0.3) is 0 Å². The van der Waals surface area contributed by atoms with Gasteiger partial charge in [0, 0.05) is 12.0 Å². The maximum absolute atomic E-state index is 10.2. The summed E-state index contributed by atoms with van der Waals surface area (Å²) < 4.78 is 0. The zero-order valence-electron chi connectivity index (χ0n) is 7.06. The molecule has 0 aliphatic heterocycles. The van der Waals surface area contributed by atoms with Crippen LogP contribution in [-0.4, -0.2) is 11.2 Å². The molecule has 0 amide bonds. The van der Waals surface area contributed by atoms with Crippen molar-refractivity contribution >= 4 is 6.29 Å². The minimum absolute atomic E-state index is 0.00343. The summed E-state index contributed by atoms with van der Waals surface area (Å²) in [6.45, 7) is 3.24. The fourth-order valence-corrected chi connectivity index (χ4v) is 0.558. The van der Waals surface area contributed by atoms with Gasteiger partial charge in [-0.3, -0.25) is 10.1 Å². The number of hydrogen-bond donors (Lipinski definition) is 0. The lowest BCUT2D eigenvalue weighted by molar-refractivity contribution is -0.419. The molecule has 0 rings (SSSR count). The maximum Gasteiger partial charge on any atom is 0.264 e. The Morgan fingerprint density at radius 3 is 2.50 bits per heavy atom. The first-order valence-corrected chi connectivity index (χ1v) is 3.56. The zero-order valence-corrected chi connectivity index (χ0v) is 7.06. The highest BCUT2D eigenvalue weighted by Crippen LogP contribution is 2.00. The molecule has 0 aromatic carbocycles. The van der Waals surface area contributed by atoms with E-state index in [0.29, 0.717) is 0 Å². The van der Waals surface area contributed by atoms with E-state index in [1.54, 1.807) is 13.8 Å². The van der Waals surface area contributed by atoms with Crippen LogP contribution in [0.5, 0.6) is 0 Å². The van der Waals surface area contributed by atoms with Gasteiger partial charge >= 0.3 is 0 Å². The molecule has 1 unspecified atom stereocenters. The van der Waals surface area contributed by atoms with E-state index in [-0.39, 0.29) is 11.6 Å². The number of carbonyl (C=O) groups excluding carboxylic acids is 1. The van der Waals surface area contributed by atoms with Crippen molar-refractivity contribution in [1.82, 2.24) is 0 Å². The number of nitrogens with zero attached hydrogens (tertiary/aromatic N) is 1. The van der Waals surface area contributed by atoms with Gasteiger partial charge in [0.15, 0.2) is 0 Å². The molecule has 66 valence electrons. The highest BCUT2D eigenvalue weighted by Gasteiger charge is 2.03. The summed E-state index contributed by atoms with van der Waals surface area (Å²) in [7, 11) is 0. The molecule has 0 aromatic heterocycles. The summed E-state index contributed by atoms with van der Waals surface area (Å²) in [6.07, 6.45) is 4.93. The molecular weight excluding hydrogens is 158 g/mol. The third-order valence-electron chi connectivity index (χ3n) is 1.29. The topological polar surface area (TPSA) is 60.2 Å². The molecule has 0 spiro atoms.